The van der Waals surface area contributed by atoms with Gasteiger partial charge in [-0.05, 0) is 89.9 Å². The van der Waals surface area contributed by atoms with Crippen LogP contribution in [0.1, 0.15) is 303 Å². The highest BCUT2D eigenvalue weighted by molar-refractivity contribution is 5.71. The highest BCUT2D eigenvalue weighted by Crippen LogP contribution is 2.17. The molecular weight excluding hydrogens is 877 g/mol. The number of carbonyl (C=O) groups is 3. The van der Waals surface area contributed by atoms with Crippen LogP contribution >= 0.6 is 0 Å². The lowest BCUT2D eigenvalue weighted by Gasteiger charge is -2.18. The molecule has 0 spiro atoms. The van der Waals surface area contributed by atoms with Crippen LogP contribution in [0.5, 0.6) is 0 Å². The zero-order valence-corrected chi connectivity index (χ0v) is 47.0. The molecule has 1 atom stereocenters. The molecule has 71 heavy (non-hydrogen) atoms. The van der Waals surface area contributed by atoms with E-state index in [1.165, 1.54) is 167 Å². The first-order valence-corrected chi connectivity index (χ1v) is 30.4. The molecule has 0 aromatic rings. The fourth-order valence-electron chi connectivity index (χ4n) is 8.64. The Morgan fingerprint density at radius 3 is 0.887 bits per heavy atom. The highest BCUT2D eigenvalue weighted by Gasteiger charge is 2.19. The van der Waals surface area contributed by atoms with E-state index >= 15 is 0 Å². The van der Waals surface area contributed by atoms with E-state index in [-0.39, 0.29) is 37.5 Å². The lowest BCUT2D eigenvalue weighted by atomic mass is 10.0. The monoisotopic (exact) mass is 991 g/mol. The molecule has 0 saturated carbocycles. The quantitative estimate of drug-likeness (QED) is 0.0261. The summed E-state index contributed by atoms with van der Waals surface area (Å²) in [5.41, 5.74) is 0. The number of esters is 3. The largest absolute Gasteiger partial charge is 0.462 e. The van der Waals surface area contributed by atoms with Gasteiger partial charge in [0.25, 0.3) is 0 Å². The van der Waals surface area contributed by atoms with Crippen molar-refractivity contribution in [1.82, 2.24) is 0 Å². The van der Waals surface area contributed by atoms with Gasteiger partial charge in [-0.15, -0.1) is 0 Å². The molecule has 0 N–H and O–H groups in total. The Morgan fingerprint density at radius 2 is 0.549 bits per heavy atom. The van der Waals surface area contributed by atoms with Crippen molar-refractivity contribution in [2.24, 2.45) is 0 Å². The molecule has 0 aromatic heterocycles. The van der Waals surface area contributed by atoms with Crippen molar-refractivity contribution in [2.75, 3.05) is 13.2 Å². The molecular formula is C65H114O6. The van der Waals surface area contributed by atoms with Crippen LogP contribution in [0.3, 0.4) is 0 Å². The molecule has 0 aliphatic heterocycles. The SMILES string of the molecule is CC/C=C\C/C=C\C/C=C\C/C=C\CCCCC(=O)OC(COC(=O)CCCCCCC)COC(=O)CCCCCCCCCCCCCCCCCCCCCCC/C=C\C/C=C\CCCCCCC. The normalized spacial score (nSPS) is 12.5. The van der Waals surface area contributed by atoms with Crippen molar-refractivity contribution in [1.29, 1.82) is 0 Å². The molecule has 0 aromatic carbocycles. The maximum Gasteiger partial charge on any atom is 0.306 e. The lowest BCUT2D eigenvalue weighted by molar-refractivity contribution is -0.167. The van der Waals surface area contributed by atoms with Crippen molar-refractivity contribution in [3.8, 4) is 0 Å². The first kappa shape index (κ1) is 67.8. The molecule has 0 aliphatic rings. The second-order valence-electron chi connectivity index (χ2n) is 20.2. The number of hydrogen-bond acceptors (Lipinski definition) is 6. The fraction of sp³-hybridized carbons (Fsp3) is 0.769. The first-order chi connectivity index (χ1) is 35.0. The molecule has 1 unspecified atom stereocenters. The van der Waals surface area contributed by atoms with E-state index in [9.17, 15) is 14.4 Å². The Labute approximate surface area is 440 Å². The summed E-state index contributed by atoms with van der Waals surface area (Å²) in [6.45, 7) is 6.41. The summed E-state index contributed by atoms with van der Waals surface area (Å²) in [6, 6.07) is 0. The zero-order chi connectivity index (χ0) is 51.4. The van der Waals surface area contributed by atoms with Crippen LogP contribution in [0.2, 0.25) is 0 Å². The second kappa shape index (κ2) is 59.4. The van der Waals surface area contributed by atoms with Gasteiger partial charge in [0.1, 0.15) is 13.2 Å². The van der Waals surface area contributed by atoms with Gasteiger partial charge in [0.2, 0.25) is 0 Å². The van der Waals surface area contributed by atoms with E-state index in [1.807, 2.05) is 0 Å². The van der Waals surface area contributed by atoms with Gasteiger partial charge in [-0.3, -0.25) is 14.4 Å². The van der Waals surface area contributed by atoms with Crippen LogP contribution in [-0.2, 0) is 28.6 Å². The number of allylic oxidation sites excluding steroid dienone is 12. The second-order valence-corrected chi connectivity index (χ2v) is 20.2. The standard InChI is InChI=1S/C65H114O6/c1-4-7-10-13-15-17-19-21-23-24-25-26-27-28-29-30-31-32-33-34-35-36-37-38-39-40-42-43-45-47-49-52-55-58-64(67)70-61-62(60-69-63(66)57-54-51-12-9-6-3)71-65(68)59-56-53-50-48-46-44-41-22-20-18-16-14-11-8-5-2/h8,11,16,18-19,21-22,24-25,41,46,48,62H,4-7,9-10,12-15,17,20,23,26-40,42-45,47,49-61H2,1-3H3/b11-8-,18-16-,21-19-,25-24-,41-22-,48-46-. The van der Waals surface area contributed by atoms with Crippen molar-refractivity contribution in [3.05, 3.63) is 72.9 Å². The van der Waals surface area contributed by atoms with E-state index in [0.717, 1.165) is 89.9 Å². The molecule has 0 rings (SSSR count). The topological polar surface area (TPSA) is 78.9 Å². The van der Waals surface area contributed by atoms with Crippen molar-refractivity contribution in [2.45, 2.75) is 309 Å². The summed E-state index contributed by atoms with van der Waals surface area (Å²) in [7, 11) is 0. The molecule has 0 fully saturated rings. The highest BCUT2D eigenvalue weighted by atomic mass is 16.6. The average Bonchev–Trinajstić information content (AvgIpc) is 3.37. The van der Waals surface area contributed by atoms with Crippen LogP contribution in [0.15, 0.2) is 72.9 Å². The number of carbonyl (C=O) groups excluding carboxylic acids is 3. The van der Waals surface area contributed by atoms with Crippen LogP contribution in [-0.4, -0.2) is 37.2 Å². The Kier molecular flexibility index (Phi) is 56.8. The summed E-state index contributed by atoms with van der Waals surface area (Å²) >= 11 is 0. The summed E-state index contributed by atoms with van der Waals surface area (Å²) in [6.07, 6.45) is 76.9. The van der Waals surface area contributed by atoms with Gasteiger partial charge in [0, 0.05) is 19.3 Å². The summed E-state index contributed by atoms with van der Waals surface area (Å²) in [5.74, 6) is -0.938. The molecule has 0 amide bonds. The third-order valence-corrected chi connectivity index (χ3v) is 13.2. The lowest BCUT2D eigenvalue weighted by Crippen LogP contribution is -2.30. The molecule has 410 valence electrons. The van der Waals surface area contributed by atoms with Crippen LogP contribution < -0.4 is 0 Å². The summed E-state index contributed by atoms with van der Waals surface area (Å²) < 4.78 is 16.7. The van der Waals surface area contributed by atoms with E-state index in [4.69, 9.17) is 14.2 Å². The minimum atomic E-state index is -0.791. The molecule has 0 saturated heterocycles. The number of unbranched alkanes of at least 4 members (excludes halogenated alkanes) is 32. The first-order valence-electron chi connectivity index (χ1n) is 30.4. The van der Waals surface area contributed by atoms with Gasteiger partial charge in [0.15, 0.2) is 6.10 Å². The van der Waals surface area contributed by atoms with Crippen molar-refractivity contribution < 1.29 is 28.6 Å². The van der Waals surface area contributed by atoms with Crippen molar-refractivity contribution >= 4 is 17.9 Å². The Balaban J connectivity index is 3.93. The molecule has 0 aliphatic carbocycles. The van der Waals surface area contributed by atoms with E-state index in [1.54, 1.807) is 0 Å². The predicted molar refractivity (Wildman–Crippen MR) is 307 cm³/mol. The van der Waals surface area contributed by atoms with E-state index in [0.29, 0.717) is 19.3 Å². The zero-order valence-electron chi connectivity index (χ0n) is 47.0. The summed E-state index contributed by atoms with van der Waals surface area (Å²) in [4.78, 5) is 37.7. The Hall–Kier alpha value is -3.15. The fourth-order valence-corrected chi connectivity index (χ4v) is 8.64. The minimum Gasteiger partial charge on any atom is -0.462 e. The third-order valence-electron chi connectivity index (χ3n) is 13.2. The third kappa shape index (κ3) is 57.6. The molecule has 0 heterocycles. The van der Waals surface area contributed by atoms with E-state index < -0.39 is 6.10 Å². The Morgan fingerprint density at radius 1 is 0.296 bits per heavy atom. The van der Waals surface area contributed by atoms with Crippen molar-refractivity contribution in [3.63, 3.8) is 0 Å². The summed E-state index contributed by atoms with van der Waals surface area (Å²) in [5, 5.41) is 0. The van der Waals surface area contributed by atoms with E-state index in [2.05, 4.69) is 93.7 Å². The maximum atomic E-state index is 12.7. The van der Waals surface area contributed by atoms with Crippen LogP contribution in [0.25, 0.3) is 0 Å². The van der Waals surface area contributed by atoms with Crippen LogP contribution in [0, 0.1) is 0 Å². The van der Waals surface area contributed by atoms with Gasteiger partial charge in [-0.25, -0.2) is 0 Å². The van der Waals surface area contributed by atoms with Gasteiger partial charge in [-0.2, -0.15) is 0 Å². The van der Waals surface area contributed by atoms with Gasteiger partial charge in [0.05, 0.1) is 0 Å². The molecule has 0 bridgehead atoms. The molecule has 0 radical (unpaired) electrons. The minimum absolute atomic E-state index is 0.0897. The number of rotatable bonds is 55. The molecule has 6 heteroatoms. The van der Waals surface area contributed by atoms with Crippen LogP contribution in [0.4, 0.5) is 0 Å². The maximum absolute atomic E-state index is 12.7. The average molecular weight is 992 g/mol. The predicted octanol–water partition coefficient (Wildman–Crippen LogP) is 20.5. The van der Waals surface area contributed by atoms with Gasteiger partial charge < -0.3 is 14.2 Å². The number of hydrogen-bond donors (Lipinski definition) is 0. The Bertz CT molecular complexity index is 1320. The smallest absolute Gasteiger partial charge is 0.306 e. The van der Waals surface area contributed by atoms with Gasteiger partial charge >= 0.3 is 17.9 Å². The molecule has 6 nitrogen and oxygen atoms in total. The number of ether oxygens (including phenoxy) is 3. The van der Waals surface area contributed by atoms with Gasteiger partial charge in [-0.1, -0.05) is 267 Å².